The third-order valence-electron chi connectivity index (χ3n) is 7.56. The summed E-state index contributed by atoms with van der Waals surface area (Å²) in [7, 11) is 0. The lowest BCUT2D eigenvalue weighted by Crippen LogP contribution is -2.60. The maximum Gasteiger partial charge on any atom is 0.414 e. The first kappa shape index (κ1) is 23.7. The molecule has 7 nitrogen and oxygen atoms in total. The van der Waals surface area contributed by atoms with E-state index in [1.165, 1.54) is 0 Å². The molecule has 0 atom stereocenters. The highest BCUT2D eigenvalue weighted by molar-refractivity contribution is 5.91. The molecule has 2 saturated heterocycles. The highest BCUT2D eigenvalue weighted by atomic mass is 19.3. The third kappa shape index (κ3) is 4.73. The Kier molecular flexibility index (Phi) is 5.99. The van der Waals surface area contributed by atoms with E-state index in [1.807, 2.05) is 31.7 Å². The number of alkyl halides is 2. The number of amides is 1. The van der Waals surface area contributed by atoms with Gasteiger partial charge in [-0.05, 0) is 64.9 Å². The summed E-state index contributed by atoms with van der Waals surface area (Å²) >= 11 is 0. The zero-order valence-electron chi connectivity index (χ0n) is 20.3. The molecule has 188 valence electrons. The van der Waals surface area contributed by atoms with Gasteiger partial charge < -0.3 is 14.2 Å². The van der Waals surface area contributed by atoms with Crippen molar-refractivity contribution in [3.63, 3.8) is 0 Å². The molecule has 4 heterocycles. The van der Waals surface area contributed by atoms with E-state index in [1.54, 1.807) is 11.1 Å². The van der Waals surface area contributed by atoms with Gasteiger partial charge in [-0.25, -0.2) is 18.6 Å². The Morgan fingerprint density at radius 3 is 2.41 bits per heavy atom. The predicted molar refractivity (Wildman–Crippen MR) is 123 cm³/mol. The SMILES string of the molecule is CC(C)(C)OC(=O)N1CC2(CCOCC2)c2cc(OC3CCC(N4CC(F)(F)C4)CC3)ncc21. The van der Waals surface area contributed by atoms with Crippen molar-refractivity contribution in [2.45, 2.75) is 88.4 Å². The Balaban J connectivity index is 1.29. The molecule has 3 aliphatic heterocycles. The van der Waals surface area contributed by atoms with E-state index in [9.17, 15) is 13.6 Å². The molecular formula is C25H35F2N3O4. The van der Waals surface area contributed by atoms with E-state index in [-0.39, 0.29) is 36.7 Å². The van der Waals surface area contributed by atoms with Gasteiger partial charge >= 0.3 is 6.09 Å². The number of hydrogen-bond acceptors (Lipinski definition) is 6. The molecule has 0 radical (unpaired) electrons. The van der Waals surface area contributed by atoms with Gasteiger partial charge in [-0.3, -0.25) is 9.80 Å². The Morgan fingerprint density at radius 1 is 1.12 bits per heavy atom. The van der Waals surface area contributed by atoms with Gasteiger partial charge in [0.05, 0.1) is 25.0 Å². The largest absolute Gasteiger partial charge is 0.474 e. The van der Waals surface area contributed by atoms with Crippen molar-refractivity contribution >= 4 is 11.8 Å². The number of carbonyl (C=O) groups is 1. The first-order chi connectivity index (χ1) is 16.0. The second kappa shape index (κ2) is 8.59. The van der Waals surface area contributed by atoms with E-state index in [0.29, 0.717) is 25.6 Å². The molecule has 3 fully saturated rings. The minimum atomic E-state index is -2.52. The van der Waals surface area contributed by atoms with Crippen LogP contribution in [0.15, 0.2) is 12.3 Å². The van der Waals surface area contributed by atoms with Crippen LogP contribution in [0.3, 0.4) is 0 Å². The van der Waals surface area contributed by atoms with E-state index < -0.39 is 11.5 Å². The number of rotatable bonds is 3. The van der Waals surface area contributed by atoms with Crippen LogP contribution in [0.2, 0.25) is 0 Å². The van der Waals surface area contributed by atoms with Crippen molar-refractivity contribution in [2.75, 3.05) is 37.7 Å². The summed E-state index contributed by atoms with van der Waals surface area (Å²) in [5.74, 6) is -1.95. The van der Waals surface area contributed by atoms with Gasteiger partial charge in [-0.1, -0.05) is 0 Å². The van der Waals surface area contributed by atoms with Crippen molar-refractivity contribution in [3.05, 3.63) is 17.8 Å². The maximum absolute atomic E-state index is 13.2. The van der Waals surface area contributed by atoms with E-state index in [0.717, 1.165) is 49.8 Å². The molecule has 9 heteroatoms. The van der Waals surface area contributed by atoms with Gasteiger partial charge in [0.25, 0.3) is 5.92 Å². The minimum absolute atomic E-state index is 0.0255. The zero-order valence-corrected chi connectivity index (χ0v) is 20.3. The number of pyridine rings is 1. The lowest BCUT2D eigenvalue weighted by molar-refractivity contribution is -0.151. The average molecular weight is 480 g/mol. The molecule has 0 N–H and O–H groups in total. The van der Waals surface area contributed by atoms with Crippen LogP contribution in [0.25, 0.3) is 0 Å². The van der Waals surface area contributed by atoms with Crippen LogP contribution >= 0.6 is 0 Å². The van der Waals surface area contributed by atoms with Crippen LogP contribution in [0.5, 0.6) is 5.88 Å². The highest BCUT2D eigenvalue weighted by Gasteiger charge is 2.48. The molecule has 1 aromatic heterocycles. The van der Waals surface area contributed by atoms with Crippen LogP contribution in [-0.2, 0) is 14.9 Å². The fourth-order valence-electron chi connectivity index (χ4n) is 5.78. The van der Waals surface area contributed by atoms with Crippen molar-refractivity contribution in [2.24, 2.45) is 0 Å². The third-order valence-corrected chi connectivity index (χ3v) is 7.56. The molecular weight excluding hydrogens is 444 g/mol. The number of ether oxygens (including phenoxy) is 3. The second-order valence-electron chi connectivity index (χ2n) is 11.3. The first-order valence-electron chi connectivity index (χ1n) is 12.4. The molecule has 5 rings (SSSR count). The summed E-state index contributed by atoms with van der Waals surface area (Å²) in [5.41, 5.74) is 1.09. The molecule has 0 aromatic carbocycles. The Morgan fingerprint density at radius 2 is 1.79 bits per heavy atom. The number of aromatic nitrogens is 1. The molecule has 1 amide bonds. The zero-order chi connectivity index (χ0) is 24.1. The van der Waals surface area contributed by atoms with Crippen LogP contribution in [0, 0.1) is 0 Å². The normalized spacial score (nSPS) is 28.3. The topological polar surface area (TPSA) is 64.1 Å². The number of carbonyl (C=O) groups excluding carboxylic acids is 1. The number of anilines is 1. The van der Waals surface area contributed by atoms with E-state index in [4.69, 9.17) is 14.2 Å². The van der Waals surface area contributed by atoms with Crippen LogP contribution in [-0.4, -0.2) is 72.5 Å². The molecule has 1 aliphatic carbocycles. The fraction of sp³-hybridized carbons (Fsp3) is 0.760. The summed E-state index contributed by atoms with van der Waals surface area (Å²) in [6.07, 6.45) is 6.43. The molecule has 1 saturated carbocycles. The van der Waals surface area contributed by atoms with Crippen molar-refractivity contribution < 1.29 is 27.8 Å². The van der Waals surface area contributed by atoms with Gasteiger partial charge in [0, 0.05) is 37.3 Å². The van der Waals surface area contributed by atoms with E-state index in [2.05, 4.69) is 4.98 Å². The van der Waals surface area contributed by atoms with Gasteiger partial charge in [-0.2, -0.15) is 0 Å². The van der Waals surface area contributed by atoms with Gasteiger partial charge in [0.1, 0.15) is 11.7 Å². The molecule has 4 aliphatic rings. The number of halogens is 2. The van der Waals surface area contributed by atoms with E-state index >= 15 is 0 Å². The summed E-state index contributed by atoms with van der Waals surface area (Å²) in [4.78, 5) is 21.1. The number of fused-ring (bicyclic) bond motifs is 2. The number of likely N-dealkylation sites (tertiary alicyclic amines) is 1. The molecule has 0 bridgehead atoms. The maximum atomic E-state index is 13.2. The Hall–Kier alpha value is -2.00. The number of nitrogens with zero attached hydrogens (tertiary/aromatic N) is 3. The van der Waals surface area contributed by atoms with Crippen LogP contribution < -0.4 is 9.64 Å². The van der Waals surface area contributed by atoms with Gasteiger partial charge in [-0.15, -0.1) is 0 Å². The smallest absolute Gasteiger partial charge is 0.414 e. The quantitative estimate of drug-likeness (QED) is 0.635. The summed E-state index contributed by atoms with van der Waals surface area (Å²) < 4.78 is 44.0. The van der Waals surface area contributed by atoms with Crippen LogP contribution in [0.1, 0.15) is 64.9 Å². The van der Waals surface area contributed by atoms with Gasteiger partial charge in [0.15, 0.2) is 0 Å². The Bertz CT molecular complexity index is 913. The molecule has 1 aromatic rings. The monoisotopic (exact) mass is 479 g/mol. The summed E-state index contributed by atoms with van der Waals surface area (Å²) in [6.45, 7) is 7.22. The molecule has 34 heavy (non-hydrogen) atoms. The van der Waals surface area contributed by atoms with Crippen LogP contribution in [0.4, 0.5) is 19.3 Å². The lowest BCUT2D eigenvalue weighted by atomic mass is 9.76. The summed E-state index contributed by atoms with van der Waals surface area (Å²) in [6, 6.07) is 2.22. The average Bonchev–Trinajstić information content (AvgIpc) is 3.05. The second-order valence-corrected chi connectivity index (χ2v) is 11.3. The standard InChI is InChI=1S/C25H35F2N3O4/c1-23(2,3)34-22(31)30-14-24(8-10-32-11-9-24)19-12-21(28-13-20(19)30)33-18-6-4-17(5-7-18)29-15-25(26,27)16-29/h12-13,17-18H,4-11,14-16H2,1-3H3. The van der Waals surface area contributed by atoms with Crippen molar-refractivity contribution in [1.82, 2.24) is 9.88 Å². The van der Waals surface area contributed by atoms with Crippen molar-refractivity contribution in [3.8, 4) is 5.88 Å². The molecule has 0 unspecified atom stereocenters. The first-order valence-corrected chi connectivity index (χ1v) is 12.4. The fourth-order valence-corrected chi connectivity index (χ4v) is 5.78. The predicted octanol–water partition coefficient (Wildman–Crippen LogP) is 4.53. The van der Waals surface area contributed by atoms with Gasteiger partial charge in [0.2, 0.25) is 5.88 Å². The highest BCUT2D eigenvalue weighted by Crippen LogP contribution is 2.48. The van der Waals surface area contributed by atoms with Crippen molar-refractivity contribution in [1.29, 1.82) is 0 Å². The Labute approximate surface area is 199 Å². The molecule has 1 spiro atoms. The summed E-state index contributed by atoms with van der Waals surface area (Å²) in [5, 5.41) is 0. The minimum Gasteiger partial charge on any atom is -0.474 e. The number of hydrogen-bond donors (Lipinski definition) is 0. The lowest BCUT2D eigenvalue weighted by Gasteiger charge is -2.46.